The van der Waals surface area contributed by atoms with Crippen LogP contribution in [0.5, 0.6) is 0 Å². The van der Waals surface area contributed by atoms with Crippen molar-refractivity contribution in [3.63, 3.8) is 0 Å². The number of rotatable bonds is 3. The molecule has 0 aliphatic carbocycles. The Morgan fingerprint density at radius 2 is 1.74 bits per heavy atom. The van der Waals surface area contributed by atoms with Crippen LogP contribution in [0.15, 0.2) is 36.5 Å². The van der Waals surface area contributed by atoms with Crippen molar-refractivity contribution in [3.8, 4) is 10.6 Å². The molecule has 1 aromatic carbocycles. The smallest absolute Gasteiger partial charge is 0.208 e. The van der Waals surface area contributed by atoms with Crippen molar-refractivity contribution in [2.24, 2.45) is 0 Å². The predicted octanol–water partition coefficient (Wildman–Crippen LogP) is 4.21. The number of hydrogen-bond donors (Lipinski definition) is 0. The Labute approximate surface area is 164 Å². The summed E-state index contributed by atoms with van der Waals surface area (Å²) in [6, 6.07) is 11.1. The van der Waals surface area contributed by atoms with Crippen molar-refractivity contribution < 1.29 is 0 Å². The van der Waals surface area contributed by atoms with Crippen LogP contribution in [0.4, 0.5) is 5.13 Å². The zero-order chi connectivity index (χ0) is 18.1. The Kier molecular flexibility index (Phi) is 4.76. The van der Waals surface area contributed by atoms with Gasteiger partial charge in [0.05, 0.1) is 5.52 Å². The van der Waals surface area contributed by atoms with Gasteiger partial charge in [-0.05, 0) is 50.9 Å². The Balaban J connectivity index is 1.31. The third kappa shape index (κ3) is 3.44. The summed E-state index contributed by atoms with van der Waals surface area (Å²) in [4.78, 5) is 9.60. The third-order valence-electron chi connectivity index (χ3n) is 5.93. The highest BCUT2D eigenvalue weighted by molar-refractivity contribution is 7.18. The average Bonchev–Trinajstić information content (AvgIpc) is 3.24. The fraction of sp³-hybridized carbons (Fsp3) is 0.476. The topological polar surface area (TPSA) is 45.2 Å². The SMILES string of the molecule is c1cc(-c2nnc(N3CCC(N4CCCCC4)CC3)s2)c2cccnc2c1. The number of pyridine rings is 1. The molecule has 27 heavy (non-hydrogen) atoms. The van der Waals surface area contributed by atoms with Gasteiger partial charge in [0.1, 0.15) is 5.01 Å². The molecule has 3 aromatic rings. The van der Waals surface area contributed by atoms with Crippen LogP contribution in [0, 0.1) is 0 Å². The average molecular weight is 380 g/mol. The normalized spacial score (nSPS) is 19.6. The minimum Gasteiger partial charge on any atom is -0.347 e. The van der Waals surface area contributed by atoms with E-state index in [-0.39, 0.29) is 0 Å². The van der Waals surface area contributed by atoms with E-state index >= 15 is 0 Å². The maximum atomic E-state index is 4.52. The molecular formula is C21H25N5S. The second-order valence-corrected chi connectivity index (χ2v) is 8.54. The molecule has 4 heterocycles. The van der Waals surface area contributed by atoms with Crippen LogP contribution in [0.3, 0.4) is 0 Å². The number of anilines is 1. The first kappa shape index (κ1) is 17.1. The Morgan fingerprint density at radius 3 is 2.59 bits per heavy atom. The van der Waals surface area contributed by atoms with E-state index in [1.807, 2.05) is 18.3 Å². The lowest BCUT2D eigenvalue weighted by atomic mass is 10.0. The first-order valence-electron chi connectivity index (χ1n) is 10.0. The van der Waals surface area contributed by atoms with Gasteiger partial charge in [-0.2, -0.15) is 0 Å². The van der Waals surface area contributed by atoms with E-state index in [9.17, 15) is 0 Å². The molecule has 2 fully saturated rings. The molecule has 0 N–H and O–H groups in total. The number of piperidine rings is 2. The molecule has 140 valence electrons. The van der Waals surface area contributed by atoms with Crippen molar-refractivity contribution >= 4 is 27.4 Å². The fourth-order valence-electron chi connectivity index (χ4n) is 4.45. The first-order valence-corrected chi connectivity index (χ1v) is 10.9. The van der Waals surface area contributed by atoms with Gasteiger partial charge in [0.15, 0.2) is 0 Å². The minimum absolute atomic E-state index is 0.762. The summed E-state index contributed by atoms with van der Waals surface area (Å²) in [7, 11) is 0. The quantitative estimate of drug-likeness (QED) is 0.682. The highest BCUT2D eigenvalue weighted by atomic mass is 32.1. The maximum absolute atomic E-state index is 4.52. The number of fused-ring (bicyclic) bond motifs is 1. The van der Waals surface area contributed by atoms with Gasteiger partial charge in [-0.15, -0.1) is 10.2 Å². The van der Waals surface area contributed by atoms with Gasteiger partial charge in [0, 0.05) is 36.3 Å². The van der Waals surface area contributed by atoms with Crippen molar-refractivity contribution in [2.45, 2.75) is 38.1 Å². The van der Waals surface area contributed by atoms with Gasteiger partial charge in [-0.25, -0.2) is 0 Å². The van der Waals surface area contributed by atoms with Crippen LogP contribution in [0.1, 0.15) is 32.1 Å². The zero-order valence-corrected chi connectivity index (χ0v) is 16.4. The Hall–Kier alpha value is -2.05. The van der Waals surface area contributed by atoms with Gasteiger partial charge in [0.25, 0.3) is 0 Å². The van der Waals surface area contributed by atoms with Gasteiger partial charge < -0.3 is 9.80 Å². The van der Waals surface area contributed by atoms with Crippen molar-refractivity contribution in [2.75, 3.05) is 31.1 Å². The molecule has 0 atom stereocenters. The van der Waals surface area contributed by atoms with Crippen molar-refractivity contribution in [3.05, 3.63) is 36.5 Å². The van der Waals surface area contributed by atoms with E-state index in [0.29, 0.717) is 0 Å². The molecule has 2 aliphatic heterocycles. The van der Waals surface area contributed by atoms with Crippen LogP contribution in [-0.2, 0) is 0 Å². The van der Waals surface area contributed by atoms with Crippen LogP contribution in [0.2, 0.25) is 0 Å². The van der Waals surface area contributed by atoms with Gasteiger partial charge in [0.2, 0.25) is 5.13 Å². The molecule has 0 saturated carbocycles. The van der Waals surface area contributed by atoms with E-state index in [1.165, 1.54) is 45.2 Å². The van der Waals surface area contributed by atoms with Crippen molar-refractivity contribution in [1.29, 1.82) is 0 Å². The minimum atomic E-state index is 0.762. The maximum Gasteiger partial charge on any atom is 0.208 e. The van der Waals surface area contributed by atoms with E-state index < -0.39 is 0 Å². The van der Waals surface area contributed by atoms with Crippen LogP contribution in [0.25, 0.3) is 21.5 Å². The van der Waals surface area contributed by atoms with E-state index in [4.69, 9.17) is 0 Å². The number of hydrogen-bond acceptors (Lipinski definition) is 6. The van der Waals surface area contributed by atoms with Gasteiger partial charge >= 0.3 is 0 Å². The lowest BCUT2D eigenvalue weighted by molar-refractivity contribution is 0.141. The first-order chi connectivity index (χ1) is 13.4. The summed E-state index contributed by atoms with van der Waals surface area (Å²) < 4.78 is 0. The highest BCUT2D eigenvalue weighted by Gasteiger charge is 2.27. The number of aromatic nitrogens is 3. The summed E-state index contributed by atoms with van der Waals surface area (Å²) in [6.45, 7) is 4.77. The number of nitrogens with zero attached hydrogens (tertiary/aromatic N) is 5. The third-order valence-corrected chi connectivity index (χ3v) is 6.95. The van der Waals surface area contributed by atoms with E-state index in [0.717, 1.165) is 45.7 Å². The van der Waals surface area contributed by atoms with E-state index in [1.54, 1.807) is 11.3 Å². The van der Waals surface area contributed by atoms with Crippen molar-refractivity contribution in [1.82, 2.24) is 20.1 Å². The number of benzene rings is 1. The molecule has 0 spiro atoms. The summed E-state index contributed by atoms with van der Waals surface area (Å²) in [5.41, 5.74) is 2.14. The molecule has 2 saturated heterocycles. The van der Waals surface area contributed by atoms with Gasteiger partial charge in [-0.3, -0.25) is 4.98 Å². The molecule has 5 rings (SSSR count). The second-order valence-electron chi connectivity index (χ2n) is 7.58. The van der Waals surface area contributed by atoms with Gasteiger partial charge in [-0.1, -0.05) is 36.0 Å². The lowest BCUT2D eigenvalue weighted by Gasteiger charge is -2.40. The lowest BCUT2D eigenvalue weighted by Crippen LogP contribution is -2.46. The molecule has 2 aromatic heterocycles. The predicted molar refractivity (Wildman–Crippen MR) is 111 cm³/mol. The molecule has 6 heteroatoms. The highest BCUT2D eigenvalue weighted by Crippen LogP contribution is 2.34. The summed E-state index contributed by atoms with van der Waals surface area (Å²) in [5, 5.41) is 12.2. The molecule has 0 radical (unpaired) electrons. The summed E-state index contributed by atoms with van der Waals surface area (Å²) in [5.74, 6) is 0. The molecule has 5 nitrogen and oxygen atoms in total. The molecule has 0 bridgehead atoms. The van der Waals surface area contributed by atoms with Crippen LogP contribution in [-0.4, -0.2) is 52.3 Å². The molecular weight excluding hydrogens is 354 g/mol. The zero-order valence-electron chi connectivity index (χ0n) is 15.5. The monoisotopic (exact) mass is 379 g/mol. The largest absolute Gasteiger partial charge is 0.347 e. The summed E-state index contributed by atoms with van der Waals surface area (Å²) in [6.07, 6.45) is 8.48. The summed E-state index contributed by atoms with van der Waals surface area (Å²) >= 11 is 1.71. The van der Waals surface area contributed by atoms with Crippen LogP contribution < -0.4 is 4.90 Å². The van der Waals surface area contributed by atoms with E-state index in [2.05, 4.69) is 43.2 Å². The molecule has 0 unspecified atom stereocenters. The fourth-order valence-corrected chi connectivity index (χ4v) is 5.38. The second kappa shape index (κ2) is 7.52. The Morgan fingerprint density at radius 1 is 0.889 bits per heavy atom. The molecule has 2 aliphatic rings. The van der Waals surface area contributed by atoms with Crippen LogP contribution >= 0.6 is 11.3 Å². The number of likely N-dealkylation sites (tertiary alicyclic amines) is 1. The Bertz CT molecular complexity index is 904. The standard InChI is InChI=1S/C21H25N5S/c1-2-12-25(13-3-1)16-9-14-26(15-10-16)21-24-23-20(27-21)18-6-4-8-19-17(18)7-5-11-22-19/h4-8,11,16H,1-3,9-10,12-15H2. The molecule has 0 amide bonds.